The zero-order chi connectivity index (χ0) is 21.6. The summed E-state index contributed by atoms with van der Waals surface area (Å²) in [4.78, 5) is 6.88. The molecule has 1 aliphatic rings. The van der Waals surface area contributed by atoms with Crippen LogP contribution >= 0.6 is 0 Å². The van der Waals surface area contributed by atoms with Crippen molar-refractivity contribution < 1.29 is 19.0 Å². The van der Waals surface area contributed by atoms with Crippen LogP contribution in [0.5, 0.6) is 11.5 Å². The molecule has 0 saturated carbocycles. The van der Waals surface area contributed by atoms with Crippen LogP contribution in [0.15, 0.2) is 46.0 Å². The van der Waals surface area contributed by atoms with Gasteiger partial charge in [0.25, 0.3) is 0 Å². The van der Waals surface area contributed by atoms with Crippen molar-refractivity contribution in [3.05, 3.63) is 42.4 Å². The van der Waals surface area contributed by atoms with Gasteiger partial charge in [-0.25, -0.2) is 4.99 Å². The number of hydrogen-bond acceptors (Lipinski definition) is 6. The van der Waals surface area contributed by atoms with Gasteiger partial charge in [-0.1, -0.05) is 0 Å². The van der Waals surface area contributed by atoms with Crippen molar-refractivity contribution in [2.45, 2.75) is 31.9 Å². The van der Waals surface area contributed by atoms with Gasteiger partial charge in [0.2, 0.25) is 0 Å². The molecule has 1 aromatic heterocycles. The van der Waals surface area contributed by atoms with Crippen LogP contribution < -0.4 is 25.0 Å². The summed E-state index contributed by atoms with van der Waals surface area (Å²) in [6.07, 6.45) is 2.52. The monoisotopic (exact) mass is 416 g/mol. The minimum Gasteiger partial charge on any atom is -0.497 e. The van der Waals surface area contributed by atoms with E-state index < -0.39 is 5.60 Å². The molecule has 1 aliphatic heterocycles. The third-order valence-electron chi connectivity index (χ3n) is 5.17. The predicted molar refractivity (Wildman–Crippen MR) is 118 cm³/mol. The van der Waals surface area contributed by atoms with Crippen LogP contribution in [-0.2, 0) is 5.60 Å². The van der Waals surface area contributed by atoms with Crippen molar-refractivity contribution in [3.63, 3.8) is 0 Å². The minimum atomic E-state index is -1.16. The molecule has 0 bridgehead atoms. The largest absolute Gasteiger partial charge is 0.497 e. The number of hydrogen-bond donors (Lipinski definition) is 3. The summed E-state index contributed by atoms with van der Waals surface area (Å²) in [5, 5.41) is 17.4. The Morgan fingerprint density at radius 2 is 2.03 bits per heavy atom. The highest BCUT2D eigenvalue weighted by atomic mass is 16.5. The van der Waals surface area contributed by atoms with E-state index in [1.807, 2.05) is 25.1 Å². The van der Waals surface area contributed by atoms with Crippen molar-refractivity contribution in [2.24, 2.45) is 4.99 Å². The van der Waals surface area contributed by atoms with Gasteiger partial charge < -0.3 is 34.5 Å². The molecule has 2 unspecified atom stereocenters. The smallest absolute Gasteiger partial charge is 0.191 e. The van der Waals surface area contributed by atoms with Crippen LogP contribution in [0.2, 0.25) is 0 Å². The Balaban J connectivity index is 1.65. The molecular formula is C22H32N4O4. The molecule has 8 nitrogen and oxygen atoms in total. The maximum Gasteiger partial charge on any atom is 0.191 e. The van der Waals surface area contributed by atoms with Gasteiger partial charge in [-0.3, -0.25) is 0 Å². The number of methoxy groups -OCH3 is 2. The average molecular weight is 417 g/mol. The van der Waals surface area contributed by atoms with Crippen molar-refractivity contribution in [1.29, 1.82) is 0 Å². The first-order valence-electron chi connectivity index (χ1n) is 10.2. The molecule has 0 aliphatic carbocycles. The summed E-state index contributed by atoms with van der Waals surface area (Å²) in [6.45, 7) is 6.39. The second kappa shape index (κ2) is 9.75. The van der Waals surface area contributed by atoms with Crippen molar-refractivity contribution >= 4 is 11.6 Å². The second-order valence-electron chi connectivity index (χ2n) is 7.59. The fraction of sp³-hybridized carbons (Fsp3) is 0.500. The molecule has 0 amide bonds. The quantitative estimate of drug-likeness (QED) is 0.449. The Labute approximate surface area is 177 Å². The molecule has 3 N–H and O–H groups in total. The summed E-state index contributed by atoms with van der Waals surface area (Å²) in [6, 6.07) is 9.66. The van der Waals surface area contributed by atoms with Crippen molar-refractivity contribution in [1.82, 2.24) is 10.6 Å². The Morgan fingerprint density at radius 3 is 2.63 bits per heavy atom. The van der Waals surface area contributed by atoms with E-state index in [2.05, 4.69) is 20.5 Å². The van der Waals surface area contributed by atoms with Gasteiger partial charge in [0.1, 0.15) is 22.9 Å². The van der Waals surface area contributed by atoms with Crippen LogP contribution in [0.1, 0.15) is 26.0 Å². The SMILES string of the molecule is CCNC(=NCC(C)(O)c1ccco1)NC1CCN(c2cc(OC)cc(OC)c2)C1. The lowest BCUT2D eigenvalue weighted by Gasteiger charge is -2.22. The summed E-state index contributed by atoms with van der Waals surface area (Å²) < 4.78 is 16.1. The standard InChI is InChI=1S/C22H32N4O4/c1-5-23-21(24-15-22(2,27)20-7-6-10-30-20)25-16-8-9-26(14-16)17-11-18(28-3)13-19(12-17)29-4/h6-7,10-13,16,27H,5,8-9,14-15H2,1-4H3,(H2,23,24,25). The number of rotatable bonds is 8. The van der Waals surface area contributed by atoms with Gasteiger partial charge in [-0.05, 0) is 32.4 Å². The fourth-order valence-electron chi connectivity index (χ4n) is 3.50. The number of aliphatic hydroxyl groups is 1. The van der Waals surface area contributed by atoms with Crippen molar-refractivity contribution in [2.75, 3.05) is 45.3 Å². The van der Waals surface area contributed by atoms with E-state index >= 15 is 0 Å². The highest BCUT2D eigenvalue weighted by molar-refractivity contribution is 5.80. The highest BCUT2D eigenvalue weighted by Gasteiger charge is 2.27. The number of guanidine groups is 1. The van der Waals surface area contributed by atoms with E-state index in [9.17, 15) is 5.11 Å². The Hall–Kier alpha value is -2.87. The lowest BCUT2D eigenvalue weighted by molar-refractivity contribution is 0.0437. The van der Waals surface area contributed by atoms with E-state index in [-0.39, 0.29) is 12.6 Å². The highest BCUT2D eigenvalue weighted by Crippen LogP contribution is 2.30. The van der Waals surface area contributed by atoms with Gasteiger partial charge in [0.15, 0.2) is 5.96 Å². The van der Waals surface area contributed by atoms with Gasteiger partial charge in [-0.2, -0.15) is 0 Å². The Kier molecular flexibility index (Phi) is 7.10. The molecule has 2 atom stereocenters. The number of anilines is 1. The Bertz CT molecular complexity index is 813. The lowest BCUT2D eigenvalue weighted by atomic mass is 10.0. The topological polar surface area (TPSA) is 91.5 Å². The minimum absolute atomic E-state index is 0.194. The lowest BCUT2D eigenvalue weighted by Crippen LogP contribution is -2.45. The van der Waals surface area contributed by atoms with E-state index in [4.69, 9.17) is 13.9 Å². The van der Waals surface area contributed by atoms with Gasteiger partial charge in [0, 0.05) is 49.6 Å². The molecular weight excluding hydrogens is 384 g/mol. The molecule has 30 heavy (non-hydrogen) atoms. The molecule has 0 spiro atoms. The molecule has 164 valence electrons. The molecule has 3 rings (SSSR count). The maximum absolute atomic E-state index is 10.7. The van der Waals surface area contributed by atoms with E-state index in [0.29, 0.717) is 11.7 Å². The normalized spacial score (nSPS) is 18.8. The molecule has 1 aromatic carbocycles. The first kappa shape index (κ1) is 21.8. The van der Waals surface area contributed by atoms with Crippen LogP contribution in [0.3, 0.4) is 0 Å². The van der Waals surface area contributed by atoms with Crippen molar-refractivity contribution in [3.8, 4) is 11.5 Å². The van der Waals surface area contributed by atoms with Crippen LogP contribution in [0, 0.1) is 0 Å². The van der Waals surface area contributed by atoms with Gasteiger partial charge >= 0.3 is 0 Å². The molecule has 1 saturated heterocycles. The van der Waals surface area contributed by atoms with E-state index in [1.54, 1.807) is 39.5 Å². The third kappa shape index (κ3) is 5.38. The molecule has 2 aromatic rings. The van der Waals surface area contributed by atoms with E-state index in [0.717, 1.165) is 43.2 Å². The number of nitrogens with one attached hydrogen (secondary N) is 2. The maximum atomic E-state index is 10.7. The molecule has 2 heterocycles. The zero-order valence-corrected chi connectivity index (χ0v) is 18.1. The van der Waals surface area contributed by atoms with Gasteiger partial charge in [-0.15, -0.1) is 0 Å². The predicted octanol–water partition coefficient (Wildman–Crippen LogP) is 2.34. The third-order valence-corrected chi connectivity index (χ3v) is 5.17. The van der Waals surface area contributed by atoms with E-state index in [1.165, 1.54) is 0 Å². The van der Waals surface area contributed by atoms with Crippen LogP contribution in [0.25, 0.3) is 0 Å². The average Bonchev–Trinajstić information content (AvgIpc) is 3.44. The number of nitrogens with zero attached hydrogens (tertiary/aromatic N) is 2. The summed E-state index contributed by atoms with van der Waals surface area (Å²) >= 11 is 0. The molecule has 1 fully saturated rings. The summed E-state index contributed by atoms with van der Waals surface area (Å²) in [5.41, 5.74) is -0.0942. The first-order valence-corrected chi connectivity index (χ1v) is 10.2. The molecule has 8 heteroatoms. The number of benzene rings is 1. The van der Waals surface area contributed by atoms with Gasteiger partial charge in [0.05, 0.1) is 27.0 Å². The first-order chi connectivity index (χ1) is 14.4. The van der Waals surface area contributed by atoms with Crippen LogP contribution in [-0.4, -0.2) is 57.5 Å². The second-order valence-corrected chi connectivity index (χ2v) is 7.59. The number of ether oxygens (including phenoxy) is 2. The molecule has 0 radical (unpaired) electrons. The zero-order valence-electron chi connectivity index (χ0n) is 18.1. The summed E-state index contributed by atoms with van der Waals surface area (Å²) in [5.74, 6) is 2.73. The fourth-order valence-corrected chi connectivity index (χ4v) is 3.50. The van der Waals surface area contributed by atoms with Crippen LogP contribution in [0.4, 0.5) is 5.69 Å². The number of furan rings is 1. The summed E-state index contributed by atoms with van der Waals surface area (Å²) in [7, 11) is 3.31. The Morgan fingerprint density at radius 1 is 1.30 bits per heavy atom. The number of aliphatic imine (C=N–C) groups is 1.